The number of rotatable bonds is 4. The second-order valence-corrected chi connectivity index (χ2v) is 7.09. The molecule has 1 atom stereocenters. The molecule has 0 saturated carbocycles. The number of para-hydroxylation sites is 1. The van der Waals surface area contributed by atoms with E-state index in [1.54, 1.807) is 0 Å². The second-order valence-electron chi connectivity index (χ2n) is 7.09. The summed E-state index contributed by atoms with van der Waals surface area (Å²) >= 11 is 0. The Morgan fingerprint density at radius 1 is 1.17 bits per heavy atom. The number of fused-ring (bicyclic) bond motifs is 1. The van der Waals surface area contributed by atoms with Gasteiger partial charge in [-0.2, -0.15) is 0 Å². The molecule has 24 heavy (non-hydrogen) atoms. The second kappa shape index (κ2) is 6.56. The molecule has 0 spiro atoms. The van der Waals surface area contributed by atoms with Gasteiger partial charge in [-0.25, -0.2) is 0 Å². The summed E-state index contributed by atoms with van der Waals surface area (Å²) in [5.74, 6) is 2.51. The molecular weight excluding hydrogens is 302 g/mol. The van der Waals surface area contributed by atoms with Crippen molar-refractivity contribution in [3.63, 3.8) is 0 Å². The van der Waals surface area contributed by atoms with Crippen molar-refractivity contribution in [2.45, 2.75) is 33.3 Å². The lowest BCUT2D eigenvalue weighted by atomic mass is 9.95. The molecule has 2 aromatic carbocycles. The number of hydrogen-bond acceptors (Lipinski definition) is 3. The lowest BCUT2D eigenvalue weighted by Gasteiger charge is -2.19. The average molecular weight is 325 g/mol. The molecule has 0 aromatic heterocycles. The Hall–Kier alpha value is -2.49. The zero-order valence-electron chi connectivity index (χ0n) is 14.3. The molecule has 0 unspecified atom stereocenters. The average Bonchev–Trinajstić information content (AvgIpc) is 2.94. The fraction of sp³-hybridized carbons (Fsp3) is 0.350. The van der Waals surface area contributed by atoms with E-state index in [2.05, 4.69) is 5.32 Å². The van der Waals surface area contributed by atoms with Crippen LogP contribution in [0, 0.1) is 5.41 Å². The minimum atomic E-state index is -0.387. The predicted octanol–water partition coefficient (Wildman–Crippen LogP) is 3.94. The van der Waals surface area contributed by atoms with Gasteiger partial charge in [-0.1, -0.05) is 39.0 Å². The molecule has 1 aliphatic heterocycles. The summed E-state index contributed by atoms with van der Waals surface area (Å²) in [5, 5.41) is 2.96. The first-order valence-electron chi connectivity index (χ1n) is 8.22. The van der Waals surface area contributed by atoms with Gasteiger partial charge in [0.15, 0.2) is 0 Å². The molecule has 126 valence electrons. The zero-order valence-corrected chi connectivity index (χ0v) is 14.3. The van der Waals surface area contributed by atoms with Gasteiger partial charge in [-0.15, -0.1) is 0 Å². The number of ether oxygens (including phenoxy) is 2. The Kier molecular flexibility index (Phi) is 4.47. The van der Waals surface area contributed by atoms with Crippen LogP contribution in [0.15, 0.2) is 48.5 Å². The predicted molar refractivity (Wildman–Crippen MR) is 93.5 cm³/mol. The lowest BCUT2D eigenvalue weighted by Crippen LogP contribution is -2.40. The molecule has 1 amide bonds. The minimum absolute atomic E-state index is 0.0294. The molecule has 0 radical (unpaired) electrons. The third-order valence-electron chi connectivity index (χ3n) is 3.92. The van der Waals surface area contributed by atoms with Crippen LogP contribution in [-0.2, 0) is 11.2 Å². The molecule has 0 aliphatic carbocycles. The van der Waals surface area contributed by atoms with E-state index < -0.39 is 0 Å². The van der Waals surface area contributed by atoms with Gasteiger partial charge in [-0.05, 0) is 30.3 Å². The lowest BCUT2D eigenvalue weighted by molar-refractivity contribution is -0.128. The third-order valence-corrected chi connectivity index (χ3v) is 3.92. The number of carbonyl (C=O) groups is 1. The summed E-state index contributed by atoms with van der Waals surface area (Å²) < 4.78 is 11.8. The van der Waals surface area contributed by atoms with Gasteiger partial charge in [0.05, 0.1) is 6.54 Å². The fourth-order valence-corrected chi connectivity index (χ4v) is 2.57. The molecule has 0 bridgehead atoms. The maximum atomic E-state index is 12.0. The normalized spacial score (nSPS) is 16.2. The Morgan fingerprint density at radius 3 is 2.62 bits per heavy atom. The Labute approximate surface area is 142 Å². The summed E-state index contributed by atoms with van der Waals surface area (Å²) in [6, 6.07) is 15.5. The summed E-state index contributed by atoms with van der Waals surface area (Å²) in [7, 11) is 0. The number of amides is 1. The molecule has 1 heterocycles. The zero-order chi connectivity index (χ0) is 17.2. The van der Waals surface area contributed by atoms with Gasteiger partial charge in [0, 0.05) is 17.4 Å². The highest BCUT2D eigenvalue weighted by Gasteiger charge is 2.26. The largest absolute Gasteiger partial charge is 0.488 e. The highest BCUT2D eigenvalue weighted by atomic mass is 16.5. The summed E-state index contributed by atoms with van der Waals surface area (Å²) in [6.45, 7) is 6.22. The van der Waals surface area contributed by atoms with E-state index in [0.29, 0.717) is 6.54 Å². The van der Waals surface area contributed by atoms with E-state index in [4.69, 9.17) is 9.47 Å². The SMILES string of the molecule is CC(C)(C)C(=O)NC[C@@H]1Cc2cc(Oc3ccccc3)ccc2O1. The highest BCUT2D eigenvalue weighted by molar-refractivity contribution is 5.81. The van der Waals surface area contributed by atoms with Crippen molar-refractivity contribution < 1.29 is 14.3 Å². The Morgan fingerprint density at radius 2 is 1.92 bits per heavy atom. The van der Waals surface area contributed by atoms with Crippen molar-refractivity contribution in [1.29, 1.82) is 0 Å². The Bertz CT molecular complexity index is 719. The van der Waals surface area contributed by atoms with Crippen molar-refractivity contribution in [3.8, 4) is 17.2 Å². The van der Waals surface area contributed by atoms with Crippen LogP contribution >= 0.6 is 0 Å². The van der Waals surface area contributed by atoms with Gasteiger partial charge in [-0.3, -0.25) is 4.79 Å². The molecule has 4 nitrogen and oxygen atoms in total. The molecule has 1 N–H and O–H groups in total. The molecule has 4 heteroatoms. The van der Waals surface area contributed by atoms with Crippen molar-refractivity contribution in [3.05, 3.63) is 54.1 Å². The van der Waals surface area contributed by atoms with Crippen molar-refractivity contribution >= 4 is 5.91 Å². The van der Waals surface area contributed by atoms with E-state index in [1.807, 2.05) is 69.3 Å². The third kappa shape index (κ3) is 3.88. The van der Waals surface area contributed by atoms with E-state index in [1.165, 1.54) is 0 Å². The first-order valence-corrected chi connectivity index (χ1v) is 8.22. The van der Waals surface area contributed by atoms with Crippen LogP contribution in [0.2, 0.25) is 0 Å². The van der Waals surface area contributed by atoms with Crippen LogP contribution in [0.4, 0.5) is 0 Å². The van der Waals surface area contributed by atoms with Crippen LogP contribution in [0.5, 0.6) is 17.2 Å². The standard InChI is InChI=1S/C20H23NO3/c1-20(2,3)19(22)21-13-17-12-14-11-16(9-10-18(14)24-17)23-15-7-5-4-6-8-15/h4-11,17H,12-13H2,1-3H3,(H,21,22)/t17-/m0/s1. The quantitative estimate of drug-likeness (QED) is 0.926. The fourth-order valence-electron chi connectivity index (χ4n) is 2.57. The van der Waals surface area contributed by atoms with E-state index >= 15 is 0 Å². The van der Waals surface area contributed by atoms with Crippen LogP contribution < -0.4 is 14.8 Å². The van der Waals surface area contributed by atoms with Gasteiger partial charge in [0.25, 0.3) is 0 Å². The topological polar surface area (TPSA) is 47.6 Å². The van der Waals surface area contributed by atoms with Crippen LogP contribution in [-0.4, -0.2) is 18.6 Å². The maximum Gasteiger partial charge on any atom is 0.225 e. The number of nitrogens with one attached hydrogen (secondary N) is 1. The van der Waals surface area contributed by atoms with Crippen LogP contribution in [0.1, 0.15) is 26.3 Å². The number of carbonyl (C=O) groups excluding carboxylic acids is 1. The van der Waals surface area contributed by atoms with Crippen LogP contribution in [0.3, 0.4) is 0 Å². The van der Waals surface area contributed by atoms with Crippen molar-refractivity contribution in [2.75, 3.05) is 6.54 Å². The van der Waals surface area contributed by atoms with Crippen molar-refractivity contribution in [2.24, 2.45) is 5.41 Å². The molecule has 0 saturated heterocycles. The van der Waals surface area contributed by atoms with E-state index in [0.717, 1.165) is 29.2 Å². The molecule has 2 aromatic rings. The monoisotopic (exact) mass is 325 g/mol. The van der Waals surface area contributed by atoms with E-state index in [-0.39, 0.29) is 17.4 Å². The maximum absolute atomic E-state index is 12.0. The first kappa shape index (κ1) is 16.4. The minimum Gasteiger partial charge on any atom is -0.488 e. The van der Waals surface area contributed by atoms with E-state index in [9.17, 15) is 4.79 Å². The highest BCUT2D eigenvalue weighted by Crippen LogP contribution is 2.33. The summed E-state index contributed by atoms with van der Waals surface area (Å²) in [6.07, 6.45) is 0.740. The number of benzene rings is 2. The van der Waals surface area contributed by atoms with Gasteiger partial charge in [0.2, 0.25) is 5.91 Å². The van der Waals surface area contributed by atoms with Crippen molar-refractivity contribution in [1.82, 2.24) is 5.32 Å². The van der Waals surface area contributed by atoms with Crippen LogP contribution in [0.25, 0.3) is 0 Å². The smallest absolute Gasteiger partial charge is 0.225 e. The summed E-state index contributed by atoms with van der Waals surface area (Å²) in [4.78, 5) is 12.0. The summed E-state index contributed by atoms with van der Waals surface area (Å²) in [5.41, 5.74) is 0.723. The van der Waals surface area contributed by atoms with Gasteiger partial charge in [0.1, 0.15) is 23.4 Å². The molecular formula is C20H23NO3. The first-order chi connectivity index (χ1) is 11.4. The molecule has 0 fully saturated rings. The molecule has 1 aliphatic rings. The Balaban J connectivity index is 1.60. The molecule has 3 rings (SSSR count). The van der Waals surface area contributed by atoms with Gasteiger partial charge < -0.3 is 14.8 Å². The van der Waals surface area contributed by atoms with Gasteiger partial charge >= 0.3 is 0 Å². The number of hydrogen-bond donors (Lipinski definition) is 1.